The number of amides is 1. The van der Waals surface area contributed by atoms with E-state index in [0.29, 0.717) is 0 Å². The van der Waals surface area contributed by atoms with Gasteiger partial charge in [-0.3, -0.25) is 4.79 Å². The molecule has 0 aromatic carbocycles. The number of carbonyl (C=O) groups is 1. The zero-order valence-electron chi connectivity index (χ0n) is 11.5. The summed E-state index contributed by atoms with van der Waals surface area (Å²) in [4.78, 5) is 11.6. The number of nitrogens with one attached hydrogen (secondary N) is 1. The highest BCUT2D eigenvalue weighted by molar-refractivity contribution is 5.94. The highest BCUT2D eigenvalue weighted by Crippen LogP contribution is 2.40. The summed E-state index contributed by atoms with van der Waals surface area (Å²) >= 11 is 0. The number of rotatable bonds is 3. The molecule has 0 atom stereocenters. The van der Waals surface area contributed by atoms with Crippen LogP contribution in [0.4, 0.5) is 0 Å². The zero-order chi connectivity index (χ0) is 13.0. The molecule has 0 aromatic rings. The molecule has 0 spiro atoms. The van der Waals surface area contributed by atoms with Crippen molar-refractivity contribution in [3.8, 4) is 0 Å². The van der Waals surface area contributed by atoms with Gasteiger partial charge in [0.25, 0.3) is 5.91 Å². The Labute approximate surface area is 110 Å². The monoisotopic (exact) mass is 248 g/mol. The third-order valence-electron chi connectivity index (χ3n) is 4.53. The fourth-order valence-corrected chi connectivity index (χ4v) is 2.82. The Hall–Kier alpha value is -1.12. The summed E-state index contributed by atoms with van der Waals surface area (Å²) in [5.74, 6) is 1.84. The second-order valence-corrected chi connectivity index (χ2v) is 5.62. The predicted molar refractivity (Wildman–Crippen MR) is 74.3 cm³/mol. The lowest BCUT2D eigenvalue weighted by Crippen LogP contribution is -2.28. The fourth-order valence-electron chi connectivity index (χ4n) is 2.82. The summed E-state index contributed by atoms with van der Waals surface area (Å²) in [5, 5.41) is 4.27. The van der Waals surface area contributed by atoms with E-state index in [0.717, 1.165) is 30.3 Å². The Morgan fingerprint density at radius 1 is 1.22 bits per heavy atom. The van der Waals surface area contributed by atoms with Crippen molar-refractivity contribution >= 4 is 11.6 Å². The van der Waals surface area contributed by atoms with Gasteiger partial charge in [0.15, 0.2) is 0 Å². The molecule has 2 rings (SSSR count). The van der Waals surface area contributed by atoms with Gasteiger partial charge < -0.3 is 0 Å². The van der Waals surface area contributed by atoms with Crippen molar-refractivity contribution < 1.29 is 4.79 Å². The standard InChI is InChI=1S/C15H24N2O/c1-3-11(2)15(18)17-16-14-9-7-13(8-10-14)12-5-4-6-12/h3,12-13H,4-10H2,1-2H3,(H,17,18)/b11-3+,16-14?. The zero-order valence-corrected chi connectivity index (χ0v) is 11.5. The van der Waals surface area contributed by atoms with Crippen LogP contribution in [-0.2, 0) is 4.79 Å². The van der Waals surface area contributed by atoms with E-state index in [1.54, 1.807) is 0 Å². The minimum Gasteiger partial charge on any atom is -0.268 e. The van der Waals surface area contributed by atoms with Gasteiger partial charge in [-0.05, 0) is 51.4 Å². The lowest BCUT2D eigenvalue weighted by atomic mass is 9.70. The van der Waals surface area contributed by atoms with Gasteiger partial charge in [-0.25, -0.2) is 5.43 Å². The number of carbonyl (C=O) groups excluding carboxylic acids is 1. The second-order valence-electron chi connectivity index (χ2n) is 5.62. The first-order chi connectivity index (χ1) is 8.70. The van der Waals surface area contributed by atoms with E-state index in [1.165, 1.54) is 37.8 Å². The molecule has 2 fully saturated rings. The SMILES string of the molecule is C/C=C(\C)C(=O)NN=C1CCC(C2CCC2)CC1. The van der Waals surface area contributed by atoms with Crippen molar-refractivity contribution in [3.05, 3.63) is 11.6 Å². The molecule has 2 saturated carbocycles. The number of hydrogen-bond acceptors (Lipinski definition) is 2. The summed E-state index contributed by atoms with van der Waals surface area (Å²) in [5.41, 5.74) is 4.55. The average Bonchev–Trinajstić information content (AvgIpc) is 2.34. The quantitative estimate of drug-likeness (QED) is 0.603. The van der Waals surface area contributed by atoms with Crippen LogP contribution in [0.2, 0.25) is 0 Å². The van der Waals surface area contributed by atoms with E-state index in [-0.39, 0.29) is 5.91 Å². The molecule has 3 heteroatoms. The first-order valence-corrected chi connectivity index (χ1v) is 7.19. The molecule has 0 saturated heterocycles. The van der Waals surface area contributed by atoms with Crippen molar-refractivity contribution in [3.63, 3.8) is 0 Å². The molecular formula is C15H24N2O. The van der Waals surface area contributed by atoms with Gasteiger partial charge in [0, 0.05) is 11.3 Å². The van der Waals surface area contributed by atoms with Crippen LogP contribution in [0.1, 0.15) is 58.8 Å². The molecule has 0 heterocycles. The number of hydrogen-bond donors (Lipinski definition) is 1. The van der Waals surface area contributed by atoms with E-state index in [1.807, 2.05) is 19.9 Å². The molecule has 0 radical (unpaired) electrons. The third-order valence-corrected chi connectivity index (χ3v) is 4.53. The maximum Gasteiger partial charge on any atom is 0.266 e. The van der Waals surface area contributed by atoms with E-state index >= 15 is 0 Å². The molecule has 0 bridgehead atoms. The highest BCUT2D eigenvalue weighted by atomic mass is 16.2. The average molecular weight is 248 g/mol. The maximum absolute atomic E-state index is 11.6. The lowest BCUT2D eigenvalue weighted by Gasteiger charge is -2.36. The van der Waals surface area contributed by atoms with Gasteiger partial charge >= 0.3 is 0 Å². The van der Waals surface area contributed by atoms with E-state index in [4.69, 9.17) is 0 Å². The van der Waals surface area contributed by atoms with Gasteiger partial charge in [0.2, 0.25) is 0 Å². The summed E-state index contributed by atoms with van der Waals surface area (Å²) in [6.45, 7) is 3.68. The molecule has 0 aliphatic heterocycles. The van der Waals surface area contributed by atoms with Crippen molar-refractivity contribution in [2.45, 2.75) is 58.8 Å². The molecule has 0 aromatic heterocycles. The van der Waals surface area contributed by atoms with Gasteiger partial charge in [-0.15, -0.1) is 0 Å². The topological polar surface area (TPSA) is 41.5 Å². The number of nitrogens with zero attached hydrogens (tertiary/aromatic N) is 1. The largest absolute Gasteiger partial charge is 0.268 e. The van der Waals surface area contributed by atoms with Crippen LogP contribution in [0.15, 0.2) is 16.8 Å². The molecular weight excluding hydrogens is 224 g/mol. The van der Waals surface area contributed by atoms with Crippen molar-refractivity contribution in [1.29, 1.82) is 0 Å². The smallest absolute Gasteiger partial charge is 0.266 e. The normalized spacial score (nSPS) is 25.6. The van der Waals surface area contributed by atoms with Crippen LogP contribution in [0.3, 0.4) is 0 Å². The molecule has 18 heavy (non-hydrogen) atoms. The molecule has 3 nitrogen and oxygen atoms in total. The summed E-state index contributed by atoms with van der Waals surface area (Å²) in [6.07, 6.45) is 10.8. The van der Waals surface area contributed by atoms with Crippen molar-refractivity contribution in [2.75, 3.05) is 0 Å². The summed E-state index contributed by atoms with van der Waals surface area (Å²) in [7, 11) is 0. The Morgan fingerprint density at radius 2 is 1.83 bits per heavy atom. The van der Waals surface area contributed by atoms with Gasteiger partial charge in [0.05, 0.1) is 0 Å². The summed E-state index contributed by atoms with van der Waals surface area (Å²) < 4.78 is 0. The van der Waals surface area contributed by atoms with Crippen molar-refractivity contribution in [1.82, 2.24) is 5.43 Å². The highest BCUT2D eigenvalue weighted by Gasteiger charge is 2.29. The molecule has 1 N–H and O–H groups in total. The van der Waals surface area contributed by atoms with Crippen LogP contribution in [0, 0.1) is 11.8 Å². The minimum absolute atomic E-state index is 0.0777. The first-order valence-electron chi connectivity index (χ1n) is 7.19. The first kappa shape index (κ1) is 13.3. The predicted octanol–water partition coefficient (Wildman–Crippen LogP) is 3.42. The van der Waals surface area contributed by atoms with Crippen LogP contribution in [-0.4, -0.2) is 11.6 Å². The lowest BCUT2D eigenvalue weighted by molar-refractivity contribution is -0.117. The Kier molecular flexibility index (Phi) is 4.56. The molecule has 100 valence electrons. The van der Waals surface area contributed by atoms with Gasteiger partial charge in [0.1, 0.15) is 0 Å². The Bertz CT molecular complexity index is 357. The van der Waals surface area contributed by atoms with E-state index < -0.39 is 0 Å². The molecule has 0 unspecified atom stereocenters. The summed E-state index contributed by atoms with van der Waals surface area (Å²) in [6, 6.07) is 0. The molecule has 1 amide bonds. The molecule has 2 aliphatic rings. The Morgan fingerprint density at radius 3 is 2.33 bits per heavy atom. The maximum atomic E-state index is 11.6. The second kappa shape index (κ2) is 6.17. The van der Waals surface area contributed by atoms with Crippen LogP contribution in [0.25, 0.3) is 0 Å². The molecule has 2 aliphatic carbocycles. The van der Waals surface area contributed by atoms with Gasteiger partial charge in [-0.1, -0.05) is 25.3 Å². The van der Waals surface area contributed by atoms with Crippen LogP contribution in [0.5, 0.6) is 0 Å². The van der Waals surface area contributed by atoms with Crippen LogP contribution >= 0.6 is 0 Å². The van der Waals surface area contributed by atoms with Crippen LogP contribution < -0.4 is 5.43 Å². The fraction of sp³-hybridized carbons (Fsp3) is 0.733. The van der Waals surface area contributed by atoms with E-state index in [2.05, 4.69) is 10.5 Å². The van der Waals surface area contributed by atoms with Gasteiger partial charge in [-0.2, -0.15) is 5.10 Å². The third kappa shape index (κ3) is 3.21. The number of allylic oxidation sites excluding steroid dienone is 1. The van der Waals surface area contributed by atoms with Crippen molar-refractivity contribution in [2.24, 2.45) is 16.9 Å². The minimum atomic E-state index is -0.0777. The van der Waals surface area contributed by atoms with E-state index in [9.17, 15) is 4.79 Å². The Balaban J connectivity index is 1.76. The number of hydrazone groups is 1.